The summed E-state index contributed by atoms with van der Waals surface area (Å²) in [6, 6.07) is 5.44. The molecule has 0 bridgehead atoms. The van der Waals surface area contributed by atoms with Crippen molar-refractivity contribution in [1.29, 1.82) is 0 Å². The van der Waals surface area contributed by atoms with E-state index in [0.717, 1.165) is 24.1 Å². The van der Waals surface area contributed by atoms with Crippen molar-refractivity contribution in [3.05, 3.63) is 29.3 Å². The van der Waals surface area contributed by atoms with Gasteiger partial charge in [0.15, 0.2) is 5.78 Å². The van der Waals surface area contributed by atoms with Gasteiger partial charge in [-0.1, -0.05) is 0 Å². The number of anilines is 1. The maximum Gasteiger partial charge on any atom is 0.414 e. The molecule has 0 saturated carbocycles. The van der Waals surface area contributed by atoms with Gasteiger partial charge >= 0.3 is 6.09 Å². The zero-order chi connectivity index (χ0) is 12.4. The van der Waals surface area contributed by atoms with Gasteiger partial charge in [-0.3, -0.25) is 9.69 Å². The van der Waals surface area contributed by atoms with Gasteiger partial charge in [-0.15, -0.1) is 0 Å². The molecular formula is C13H15NO3. The van der Waals surface area contributed by atoms with Gasteiger partial charge in [0.05, 0.1) is 12.8 Å². The maximum absolute atomic E-state index is 11.6. The predicted molar refractivity (Wildman–Crippen MR) is 64.5 cm³/mol. The zero-order valence-corrected chi connectivity index (χ0v) is 10.0. The standard InChI is InChI=1S/C13H15NO3/c1-9(15)10-5-6-12-11(8-10)4-3-7-14(12)13(16)17-2/h5-6,8H,3-4,7H2,1-2H3. The van der Waals surface area contributed by atoms with Crippen LogP contribution in [0.3, 0.4) is 0 Å². The fraction of sp³-hybridized carbons (Fsp3) is 0.385. The van der Waals surface area contributed by atoms with Gasteiger partial charge in [0.2, 0.25) is 0 Å². The third-order valence-corrected chi connectivity index (χ3v) is 3.00. The first-order valence-corrected chi connectivity index (χ1v) is 5.63. The Balaban J connectivity index is 2.40. The lowest BCUT2D eigenvalue weighted by molar-refractivity contribution is 0.101. The topological polar surface area (TPSA) is 46.6 Å². The summed E-state index contributed by atoms with van der Waals surface area (Å²) in [5, 5.41) is 0. The van der Waals surface area contributed by atoms with Crippen molar-refractivity contribution in [1.82, 2.24) is 0 Å². The number of carbonyl (C=O) groups excluding carboxylic acids is 2. The third kappa shape index (κ3) is 2.16. The number of Topliss-reactive ketones (excluding diaryl/α,β-unsaturated/α-hetero) is 1. The molecule has 4 heteroatoms. The highest BCUT2D eigenvalue weighted by molar-refractivity contribution is 5.96. The van der Waals surface area contributed by atoms with E-state index >= 15 is 0 Å². The number of ketones is 1. The van der Waals surface area contributed by atoms with Crippen LogP contribution in [0.4, 0.5) is 10.5 Å². The fourth-order valence-corrected chi connectivity index (χ4v) is 2.12. The van der Waals surface area contributed by atoms with Gasteiger partial charge in [0.1, 0.15) is 0 Å². The van der Waals surface area contributed by atoms with Crippen LogP contribution in [0.5, 0.6) is 0 Å². The molecule has 0 spiro atoms. The van der Waals surface area contributed by atoms with Gasteiger partial charge in [-0.25, -0.2) is 4.79 Å². The molecule has 4 nitrogen and oxygen atoms in total. The lowest BCUT2D eigenvalue weighted by Gasteiger charge is -2.28. The van der Waals surface area contributed by atoms with Gasteiger partial charge in [-0.05, 0) is 43.5 Å². The van der Waals surface area contributed by atoms with E-state index in [9.17, 15) is 9.59 Å². The Hall–Kier alpha value is -1.84. The number of amides is 1. The molecule has 0 aromatic heterocycles. The third-order valence-electron chi connectivity index (χ3n) is 3.00. The molecule has 0 radical (unpaired) electrons. The Morgan fingerprint density at radius 1 is 1.35 bits per heavy atom. The van der Waals surface area contributed by atoms with Crippen LogP contribution in [0.2, 0.25) is 0 Å². The Morgan fingerprint density at radius 3 is 2.76 bits per heavy atom. The van der Waals surface area contributed by atoms with E-state index in [1.165, 1.54) is 7.11 Å². The molecule has 1 aromatic carbocycles. The number of methoxy groups -OCH3 is 1. The molecule has 1 heterocycles. The van der Waals surface area contributed by atoms with Crippen LogP contribution >= 0.6 is 0 Å². The molecule has 0 aliphatic carbocycles. The molecule has 1 aliphatic heterocycles. The number of hydrogen-bond donors (Lipinski definition) is 0. The Bertz CT molecular complexity index is 468. The second-order valence-corrected chi connectivity index (χ2v) is 4.12. The number of benzene rings is 1. The molecule has 1 amide bonds. The van der Waals surface area contributed by atoms with Crippen molar-refractivity contribution in [3.63, 3.8) is 0 Å². The molecule has 0 N–H and O–H groups in total. The molecule has 17 heavy (non-hydrogen) atoms. The summed E-state index contributed by atoms with van der Waals surface area (Å²) in [7, 11) is 1.38. The van der Waals surface area contributed by atoms with E-state index in [-0.39, 0.29) is 11.9 Å². The maximum atomic E-state index is 11.6. The highest BCUT2D eigenvalue weighted by Gasteiger charge is 2.23. The minimum atomic E-state index is -0.346. The summed E-state index contributed by atoms with van der Waals surface area (Å²) in [5.74, 6) is 0.0444. The average molecular weight is 233 g/mol. The molecule has 2 rings (SSSR count). The van der Waals surface area contributed by atoms with Crippen LogP contribution in [-0.4, -0.2) is 25.5 Å². The monoisotopic (exact) mass is 233 g/mol. The summed E-state index contributed by atoms with van der Waals surface area (Å²) in [6.45, 7) is 2.21. The Kier molecular flexibility index (Phi) is 3.13. The van der Waals surface area contributed by atoms with Crippen LogP contribution in [0.1, 0.15) is 29.3 Å². The lowest BCUT2D eigenvalue weighted by Crippen LogP contribution is -2.35. The number of nitrogens with zero attached hydrogens (tertiary/aromatic N) is 1. The van der Waals surface area contributed by atoms with E-state index in [4.69, 9.17) is 4.74 Å². The first kappa shape index (κ1) is 11.6. The molecule has 0 fully saturated rings. The first-order valence-electron chi connectivity index (χ1n) is 5.63. The first-order chi connectivity index (χ1) is 8.13. The van der Waals surface area contributed by atoms with Crippen molar-refractivity contribution in [2.75, 3.05) is 18.6 Å². The number of rotatable bonds is 1. The number of carbonyl (C=O) groups is 2. The van der Waals surface area contributed by atoms with Crippen molar-refractivity contribution in [3.8, 4) is 0 Å². The van der Waals surface area contributed by atoms with E-state index in [2.05, 4.69) is 0 Å². The van der Waals surface area contributed by atoms with Crippen molar-refractivity contribution in [2.24, 2.45) is 0 Å². The molecule has 1 aliphatic rings. The number of fused-ring (bicyclic) bond motifs is 1. The molecule has 0 saturated heterocycles. The quantitative estimate of drug-likeness (QED) is 0.700. The SMILES string of the molecule is COC(=O)N1CCCc2cc(C(C)=O)ccc21. The summed E-state index contributed by atoms with van der Waals surface area (Å²) in [5.41, 5.74) is 2.58. The average Bonchev–Trinajstić information content (AvgIpc) is 2.36. The van der Waals surface area contributed by atoms with Crippen molar-refractivity contribution in [2.45, 2.75) is 19.8 Å². The highest BCUT2D eigenvalue weighted by atomic mass is 16.5. The van der Waals surface area contributed by atoms with E-state index in [1.807, 2.05) is 12.1 Å². The minimum Gasteiger partial charge on any atom is -0.452 e. The summed E-state index contributed by atoms with van der Waals surface area (Å²) < 4.78 is 4.74. The molecule has 0 atom stereocenters. The van der Waals surface area contributed by atoms with E-state index < -0.39 is 0 Å². The second kappa shape index (κ2) is 4.57. The number of aryl methyl sites for hydroxylation is 1. The fourth-order valence-electron chi connectivity index (χ4n) is 2.12. The molecule has 1 aromatic rings. The van der Waals surface area contributed by atoms with E-state index in [1.54, 1.807) is 17.9 Å². The summed E-state index contributed by atoms with van der Waals surface area (Å²) >= 11 is 0. The Labute approximate surface area is 100 Å². The van der Waals surface area contributed by atoms with Gasteiger partial charge < -0.3 is 4.74 Å². The zero-order valence-electron chi connectivity index (χ0n) is 10.0. The van der Waals surface area contributed by atoms with Gasteiger partial charge in [0, 0.05) is 12.1 Å². The van der Waals surface area contributed by atoms with Crippen molar-refractivity contribution < 1.29 is 14.3 Å². The molecular weight excluding hydrogens is 218 g/mol. The Morgan fingerprint density at radius 2 is 2.12 bits per heavy atom. The smallest absolute Gasteiger partial charge is 0.414 e. The van der Waals surface area contributed by atoms with Crippen LogP contribution in [0.25, 0.3) is 0 Å². The largest absolute Gasteiger partial charge is 0.452 e. The second-order valence-electron chi connectivity index (χ2n) is 4.12. The number of ether oxygens (including phenoxy) is 1. The van der Waals surface area contributed by atoms with Crippen LogP contribution in [-0.2, 0) is 11.2 Å². The molecule has 0 unspecified atom stereocenters. The highest BCUT2D eigenvalue weighted by Crippen LogP contribution is 2.28. The van der Waals surface area contributed by atoms with Gasteiger partial charge in [-0.2, -0.15) is 0 Å². The lowest BCUT2D eigenvalue weighted by atomic mass is 9.98. The van der Waals surface area contributed by atoms with Gasteiger partial charge in [0.25, 0.3) is 0 Å². The normalized spacial score (nSPS) is 14.1. The molecule has 90 valence electrons. The van der Waals surface area contributed by atoms with Crippen LogP contribution in [0, 0.1) is 0 Å². The van der Waals surface area contributed by atoms with Crippen LogP contribution in [0.15, 0.2) is 18.2 Å². The minimum absolute atomic E-state index is 0.0444. The summed E-state index contributed by atoms with van der Waals surface area (Å²) in [4.78, 5) is 24.5. The summed E-state index contributed by atoms with van der Waals surface area (Å²) in [6.07, 6.45) is 1.44. The van der Waals surface area contributed by atoms with Crippen molar-refractivity contribution >= 4 is 17.6 Å². The van der Waals surface area contributed by atoms with E-state index in [0.29, 0.717) is 12.1 Å². The predicted octanol–water partition coefficient (Wildman–Crippen LogP) is 2.41. The van der Waals surface area contributed by atoms with Crippen LogP contribution < -0.4 is 4.90 Å². The number of hydrogen-bond acceptors (Lipinski definition) is 3.